The third-order valence-electron chi connectivity index (χ3n) is 1.96. The highest BCUT2D eigenvalue weighted by Crippen LogP contribution is 2.19. The number of nitrogen functional groups attached to an aromatic ring is 1. The predicted octanol–water partition coefficient (Wildman–Crippen LogP) is 2.17. The van der Waals surface area contributed by atoms with Crippen LogP contribution in [0.4, 0.5) is 10.1 Å². The van der Waals surface area contributed by atoms with E-state index in [4.69, 9.17) is 5.73 Å². The van der Waals surface area contributed by atoms with Crippen molar-refractivity contribution in [2.75, 3.05) is 5.73 Å². The summed E-state index contributed by atoms with van der Waals surface area (Å²) < 4.78 is 25.3. The van der Waals surface area contributed by atoms with Crippen molar-refractivity contribution >= 4 is 27.8 Å². The molecule has 6 heteroatoms. The van der Waals surface area contributed by atoms with Crippen LogP contribution in [-0.2, 0) is 16.6 Å². The predicted molar refractivity (Wildman–Crippen MR) is 63.0 cm³/mol. The van der Waals surface area contributed by atoms with Gasteiger partial charge in [-0.05, 0) is 18.2 Å². The second-order valence-electron chi connectivity index (χ2n) is 3.15. The van der Waals surface area contributed by atoms with Crippen LogP contribution in [0.5, 0.6) is 0 Å². The Hall–Kier alpha value is -1.27. The van der Waals surface area contributed by atoms with E-state index < -0.39 is 16.6 Å². The normalized spacial score (nSPS) is 12.6. The Balaban J connectivity index is 2.21. The van der Waals surface area contributed by atoms with E-state index in [1.807, 2.05) is 0 Å². The fourth-order valence-electron chi connectivity index (χ4n) is 1.22. The number of anilines is 1. The molecule has 0 aliphatic rings. The number of rotatable bonds is 3. The maximum atomic E-state index is 13.4. The van der Waals surface area contributed by atoms with Crippen molar-refractivity contribution in [3.8, 4) is 0 Å². The molecule has 1 unspecified atom stereocenters. The van der Waals surface area contributed by atoms with Gasteiger partial charge >= 0.3 is 0 Å². The molecule has 0 aliphatic carbocycles. The van der Waals surface area contributed by atoms with E-state index in [1.54, 1.807) is 17.8 Å². The number of nitrogens with two attached hydrogens (primary N) is 1. The lowest BCUT2D eigenvalue weighted by molar-refractivity contribution is 0.596. The van der Waals surface area contributed by atoms with E-state index in [2.05, 4.69) is 4.98 Å². The Morgan fingerprint density at radius 2 is 2.31 bits per heavy atom. The van der Waals surface area contributed by atoms with Gasteiger partial charge in [0.05, 0.1) is 27.0 Å². The van der Waals surface area contributed by atoms with Gasteiger partial charge in [-0.2, -0.15) is 0 Å². The molecule has 0 radical (unpaired) electrons. The smallest absolute Gasteiger partial charge is 0.141 e. The van der Waals surface area contributed by atoms with Gasteiger partial charge in [-0.25, -0.2) is 4.39 Å². The zero-order chi connectivity index (χ0) is 11.5. The van der Waals surface area contributed by atoms with Crippen LogP contribution in [0, 0.1) is 5.82 Å². The summed E-state index contributed by atoms with van der Waals surface area (Å²) >= 11 is 1.40. The molecule has 3 nitrogen and oxygen atoms in total. The molecule has 0 spiro atoms. The first-order valence-electron chi connectivity index (χ1n) is 4.47. The lowest BCUT2D eigenvalue weighted by atomic mass is 10.3. The van der Waals surface area contributed by atoms with Crippen molar-refractivity contribution in [2.45, 2.75) is 10.6 Å². The Bertz CT molecular complexity index is 514. The molecule has 0 saturated carbocycles. The van der Waals surface area contributed by atoms with Gasteiger partial charge in [0.1, 0.15) is 5.82 Å². The van der Waals surface area contributed by atoms with Gasteiger partial charge in [0.15, 0.2) is 0 Å². The molecule has 84 valence electrons. The minimum absolute atomic E-state index is 0.183. The van der Waals surface area contributed by atoms with E-state index >= 15 is 0 Å². The van der Waals surface area contributed by atoms with Crippen molar-refractivity contribution in [1.82, 2.24) is 4.98 Å². The third kappa shape index (κ3) is 2.45. The number of thiazole rings is 1. The van der Waals surface area contributed by atoms with Crippen LogP contribution in [0.3, 0.4) is 0 Å². The van der Waals surface area contributed by atoms with Crippen LogP contribution >= 0.6 is 11.3 Å². The molecule has 2 N–H and O–H groups in total. The second-order valence-corrected chi connectivity index (χ2v) is 5.54. The first kappa shape index (κ1) is 11.2. The summed E-state index contributed by atoms with van der Waals surface area (Å²) in [6.45, 7) is 0. The summed E-state index contributed by atoms with van der Waals surface area (Å²) in [5, 5.41) is 0. The van der Waals surface area contributed by atoms with E-state index in [0.29, 0.717) is 5.69 Å². The molecule has 1 aromatic carbocycles. The molecular weight excluding hydrogens is 247 g/mol. The van der Waals surface area contributed by atoms with E-state index in [-0.39, 0.29) is 10.6 Å². The minimum atomic E-state index is -1.39. The zero-order valence-electron chi connectivity index (χ0n) is 8.22. The molecule has 0 bridgehead atoms. The quantitative estimate of drug-likeness (QED) is 0.856. The summed E-state index contributed by atoms with van der Waals surface area (Å²) in [4.78, 5) is 4.93. The second kappa shape index (κ2) is 4.71. The standard InChI is InChI=1S/C10H9FN2OS2/c11-9-3-7(12)1-2-10(9)16(14)5-8-4-13-6-15-8/h1-4,6H,5,12H2. The highest BCUT2D eigenvalue weighted by atomic mass is 32.2. The number of aromatic nitrogens is 1. The van der Waals surface area contributed by atoms with Crippen LogP contribution in [0.25, 0.3) is 0 Å². The van der Waals surface area contributed by atoms with Gasteiger partial charge in [0, 0.05) is 16.8 Å². The Labute approximate surface area is 98.6 Å². The molecule has 0 fully saturated rings. The van der Waals surface area contributed by atoms with Gasteiger partial charge in [-0.15, -0.1) is 11.3 Å². The Kier molecular flexibility index (Phi) is 3.31. The Morgan fingerprint density at radius 1 is 1.50 bits per heavy atom. The van der Waals surface area contributed by atoms with Gasteiger partial charge in [-0.1, -0.05) is 0 Å². The van der Waals surface area contributed by atoms with Crippen molar-refractivity contribution in [3.63, 3.8) is 0 Å². The van der Waals surface area contributed by atoms with Crippen molar-refractivity contribution in [2.24, 2.45) is 0 Å². The zero-order valence-corrected chi connectivity index (χ0v) is 9.85. The summed E-state index contributed by atoms with van der Waals surface area (Å²) in [6.07, 6.45) is 1.64. The highest BCUT2D eigenvalue weighted by Gasteiger charge is 2.11. The lowest BCUT2D eigenvalue weighted by Gasteiger charge is -2.02. The maximum absolute atomic E-state index is 13.4. The summed E-state index contributed by atoms with van der Waals surface area (Å²) in [6, 6.07) is 4.19. The van der Waals surface area contributed by atoms with Gasteiger partial charge in [-0.3, -0.25) is 9.19 Å². The lowest BCUT2D eigenvalue weighted by Crippen LogP contribution is -1.99. The number of benzene rings is 1. The summed E-state index contributed by atoms with van der Waals surface area (Å²) in [5.41, 5.74) is 7.41. The van der Waals surface area contributed by atoms with Crippen molar-refractivity contribution in [1.29, 1.82) is 0 Å². The van der Waals surface area contributed by atoms with Gasteiger partial charge in [0.2, 0.25) is 0 Å². The van der Waals surface area contributed by atoms with Crippen LogP contribution in [0.2, 0.25) is 0 Å². The number of halogens is 1. The molecule has 0 saturated heterocycles. The molecule has 0 aliphatic heterocycles. The van der Waals surface area contributed by atoms with E-state index in [1.165, 1.54) is 23.5 Å². The average Bonchev–Trinajstić information content (AvgIpc) is 2.70. The van der Waals surface area contributed by atoms with Crippen LogP contribution in [0.1, 0.15) is 4.88 Å². The largest absolute Gasteiger partial charge is 0.399 e. The van der Waals surface area contributed by atoms with E-state index in [9.17, 15) is 8.60 Å². The number of hydrogen-bond acceptors (Lipinski definition) is 4. The van der Waals surface area contributed by atoms with Gasteiger partial charge in [0.25, 0.3) is 0 Å². The topological polar surface area (TPSA) is 56.0 Å². The third-order valence-corrected chi connectivity index (χ3v) is 4.32. The Morgan fingerprint density at radius 3 is 2.94 bits per heavy atom. The molecule has 1 heterocycles. The maximum Gasteiger partial charge on any atom is 0.141 e. The summed E-state index contributed by atoms with van der Waals surface area (Å²) in [7, 11) is -1.39. The van der Waals surface area contributed by atoms with E-state index in [0.717, 1.165) is 4.88 Å². The fraction of sp³-hybridized carbons (Fsp3) is 0.100. The van der Waals surface area contributed by atoms with Crippen molar-refractivity contribution < 1.29 is 8.60 Å². The molecular formula is C10H9FN2OS2. The monoisotopic (exact) mass is 256 g/mol. The average molecular weight is 256 g/mol. The molecule has 0 amide bonds. The molecule has 1 atom stereocenters. The summed E-state index contributed by atoms with van der Waals surface area (Å²) in [5.74, 6) is -0.242. The van der Waals surface area contributed by atoms with Crippen molar-refractivity contribution in [3.05, 3.63) is 40.6 Å². The molecule has 16 heavy (non-hydrogen) atoms. The van der Waals surface area contributed by atoms with Crippen LogP contribution < -0.4 is 5.73 Å². The van der Waals surface area contributed by atoms with Gasteiger partial charge < -0.3 is 5.73 Å². The first-order chi connectivity index (χ1) is 7.66. The van der Waals surface area contributed by atoms with Crippen LogP contribution in [0.15, 0.2) is 34.8 Å². The fourth-order valence-corrected chi connectivity index (χ4v) is 3.18. The molecule has 2 aromatic rings. The molecule has 2 rings (SSSR count). The number of nitrogens with zero attached hydrogens (tertiary/aromatic N) is 1. The highest BCUT2D eigenvalue weighted by molar-refractivity contribution is 7.84. The number of hydrogen-bond donors (Lipinski definition) is 1. The van der Waals surface area contributed by atoms with Crippen LogP contribution in [-0.4, -0.2) is 9.19 Å². The first-order valence-corrected chi connectivity index (χ1v) is 6.67. The minimum Gasteiger partial charge on any atom is -0.399 e. The molecule has 1 aromatic heterocycles. The SMILES string of the molecule is Nc1ccc(S(=O)Cc2cncs2)c(F)c1.